The molecule has 152 valence electrons. The van der Waals surface area contributed by atoms with Crippen molar-refractivity contribution in [3.63, 3.8) is 0 Å². The summed E-state index contributed by atoms with van der Waals surface area (Å²) < 4.78 is 26.3. The summed E-state index contributed by atoms with van der Waals surface area (Å²) in [5.74, 6) is 0.485. The minimum Gasteiger partial charge on any atom is -0.489 e. The first-order valence-corrected chi connectivity index (χ1v) is 10.4. The lowest BCUT2D eigenvalue weighted by molar-refractivity contribution is -0.0192. The molecule has 30 heavy (non-hydrogen) atoms. The third-order valence-electron chi connectivity index (χ3n) is 5.25. The standard InChI is InChI=1S/C25H22FNO2S/c26-25-12-20(9-10-21(25)16-29-24-13-22(14-24)27-17-30)19-7-4-8-23(11-19)28-15-18-5-2-1-3-6-18/h1-12,22,24H,13-16H2. The van der Waals surface area contributed by atoms with Crippen LogP contribution in [0.5, 0.6) is 5.75 Å². The summed E-state index contributed by atoms with van der Waals surface area (Å²) in [5, 5.41) is 2.40. The smallest absolute Gasteiger partial charge is 0.129 e. The van der Waals surface area contributed by atoms with Crippen LogP contribution in [-0.2, 0) is 18.0 Å². The number of aliphatic imine (C=N–C) groups is 1. The van der Waals surface area contributed by atoms with Crippen LogP contribution in [0.15, 0.2) is 77.8 Å². The Balaban J connectivity index is 1.37. The second-order valence-electron chi connectivity index (χ2n) is 7.39. The molecule has 0 N–H and O–H groups in total. The Hall–Kier alpha value is -2.85. The van der Waals surface area contributed by atoms with Crippen LogP contribution in [0, 0.1) is 5.82 Å². The quantitative estimate of drug-likeness (QED) is 0.321. The van der Waals surface area contributed by atoms with Gasteiger partial charge in [0.1, 0.15) is 18.2 Å². The fourth-order valence-electron chi connectivity index (χ4n) is 3.41. The summed E-state index contributed by atoms with van der Waals surface area (Å²) in [4.78, 5) is 4.04. The van der Waals surface area contributed by atoms with Crippen LogP contribution in [-0.4, -0.2) is 17.3 Å². The Bertz CT molecular complexity index is 1040. The van der Waals surface area contributed by atoms with Gasteiger partial charge in [0, 0.05) is 5.56 Å². The van der Waals surface area contributed by atoms with Crippen molar-refractivity contribution >= 4 is 17.4 Å². The molecule has 1 saturated carbocycles. The maximum absolute atomic E-state index is 14.6. The van der Waals surface area contributed by atoms with Gasteiger partial charge in [0.2, 0.25) is 0 Å². The van der Waals surface area contributed by atoms with Gasteiger partial charge in [-0.25, -0.2) is 9.38 Å². The molecule has 4 rings (SSSR count). The van der Waals surface area contributed by atoms with E-state index in [2.05, 4.69) is 22.4 Å². The van der Waals surface area contributed by atoms with E-state index in [1.54, 1.807) is 12.1 Å². The molecule has 0 saturated heterocycles. The van der Waals surface area contributed by atoms with Gasteiger partial charge in [-0.15, -0.1) is 0 Å². The van der Waals surface area contributed by atoms with Gasteiger partial charge in [0.25, 0.3) is 0 Å². The number of ether oxygens (including phenoxy) is 2. The molecule has 0 unspecified atom stereocenters. The zero-order valence-corrected chi connectivity index (χ0v) is 17.3. The fraction of sp³-hybridized carbons (Fsp3) is 0.240. The fourth-order valence-corrected chi connectivity index (χ4v) is 3.56. The Morgan fingerprint density at radius 3 is 2.50 bits per heavy atom. The average molecular weight is 420 g/mol. The molecule has 0 spiro atoms. The van der Waals surface area contributed by atoms with E-state index in [4.69, 9.17) is 9.47 Å². The average Bonchev–Trinajstić information content (AvgIpc) is 2.75. The molecule has 1 aliphatic rings. The van der Waals surface area contributed by atoms with Gasteiger partial charge in [-0.05, 0) is 59.9 Å². The normalized spacial score (nSPS) is 17.6. The number of rotatable bonds is 8. The number of halogens is 1. The van der Waals surface area contributed by atoms with Crippen LogP contribution in [0.2, 0.25) is 0 Å². The molecule has 0 amide bonds. The van der Waals surface area contributed by atoms with Gasteiger partial charge >= 0.3 is 0 Å². The van der Waals surface area contributed by atoms with Crippen LogP contribution >= 0.6 is 12.2 Å². The van der Waals surface area contributed by atoms with Crippen LogP contribution in [0.4, 0.5) is 4.39 Å². The number of nitrogens with zero attached hydrogens (tertiary/aromatic N) is 1. The van der Waals surface area contributed by atoms with E-state index in [9.17, 15) is 4.39 Å². The molecular weight excluding hydrogens is 397 g/mol. The lowest BCUT2D eigenvalue weighted by Crippen LogP contribution is -2.34. The summed E-state index contributed by atoms with van der Waals surface area (Å²) in [7, 11) is 0. The molecular formula is C25H22FNO2S. The van der Waals surface area contributed by atoms with E-state index in [0.29, 0.717) is 12.2 Å². The summed E-state index contributed by atoms with van der Waals surface area (Å²) in [6, 6.07) is 23.2. The monoisotopic (exact) mass is 419 g/mol. The lowest BCUT2D eigenvalue weighted by atomic mass is 9.90. The van der Waals surface area contributed by atoms with Gasteiger partial charge < -0.3 is 9.47 Å². The molecule has 0 heterocycles. The second kappa shape index (κ2) is 9.77. The summed E-state index contributed by atoms with van der Waals surface area (Å²) in [5.41, 5.74) is 3.37. The van der Waals surface area contributed by atoms with Crippen molar-refractivity contribution < 1.29 is 13.9 Å². The molecule has 5 heteroatoms. The largest absolute Gasteiger partial charge is 0.489 e. The van der Waals surface area contributed by atoms with Gasteiger partial charge in [-0.1, -0.05) is 54.6 Å². The Morgan fingerprint density at radius 2 is 1.73 bits per heavy atom. The first kappa shape index (κ1) is 20.4. The van der Waals surface area contributed by atoms with Crippen molar-refractivity contribution in [1.82, 2.24) is 0 Å². The molecule has 3 aromatic rings. The number of hydrogen-bond donors (Lipinski definition) is 0. The van der Waals surface area contributed by atoms with E-state index < -0.39 is 0 Å². The molecule has 0 aromatic heterocycles. The molecule has 0 radical (unpaired) electrons. The van der Waals surface area contributed by atoms with Crippen LogP contribution in [0.1, 0.15) is 24.0 Å². The highest BCUT2D eigenvalue weighted by Crippen LogP contribution is 2.29. The lowest BCUT2D eigenvalue weighted by Gasteiger charge is -2.31. The highest BCUT2D eigenvalue weighted by molar-refractivity contribution is 7.78. The van der Waals surface area contributed by atoms with E-state index in [1.807, 2.05) is 60.7 Å². The molecule has 3 aromatic carbocycles. The van der Waals surface area contributed by atoms with Crippen LogP contribution in [0.3, 0.4) is 0 Å². The van der Waals surface area contributed by atoms with E-state index >= 15 is 0 Å². The van der Waals surface area contributed by atoms with Gasteiger partial charge in [-0.3, -0.25) is 0 Å². The first-order valence-electron chi connectivity index (χ1n) is 9.95. The van der Waals surface area contributed by atoms with Gasteiger partial charge in [0.05, 0.1) is 23.9 Å². The maximum Gasteiger partial charge on any atom is 0.129 e. The van der Waals surface area contributed by atoms with Gasteiger partial charge in [0.15, 0.2) is 0 Å². The number of isothiocyanates is 1. The molecule has 0 bridgehead atoms. The molecule has 0 aliphatic heterocycles. The van der Waals surface area contributed by atoms with Gasteiger partial charge in [-0.2, -0.15) is 0 Å². The first-order chi connectivity index (χ1) is 14.7. The van der Waals surface area contributed by atoms with Crippen molar-refractivity contribution in [3.05, 3.63) is 89.7 Å². The maximum atomic E-state index is 14.6. The molecule has 3 nitrogen and oxygen atoms in total. The SMILES string of the molecule is Fc1cc(-c2cccc(OCc3ccccc3)c2)ccc1COC1CC(N=C=S)C1. The Morgan fingerprint density at radius 1 is 0.933 bits per heavy atom. The highest BCUT2D eigenvalue weighted by atomic mass is 32.1. The predicted molar refractivity (Wildman–Crippen MR) is 119 cm³/mol. The third kappa shape index (κ3) is 5.19. The van der Waals surface area contributed by atoms with E-state index in [1.165, 1.54) is 0 Å². The summed E-state index contributed by atoms with van der Waals surface area (Å²) >= 11 is 4.61. The van der Waals surface area contributed by atoms with Crippen LogP contribution in [0.25, 0.3) is 11.1 Å². The zero-order chi connectivity index (χ0) is 20.8. The van der Waals surface area contributed by atoms with E-state index in [-0.39, 0.29) is 24.6 Å². The van der Waals surface area contributed by atoms with Crippen molar-refractivity contribution in [2.45, 2.75) is 38.2 Å². The molecule has 1 fully saturated rings. The van der Waals surface area contributed by atoms with Crippen molar-refractivity contribution in [1.29, 1.82) is 0 Å². The summed E-state index contributed by atoms with van der Waals surface area (Å²) in [6.45, 7) is 0.748. The molecule has 0 atom stereocenters. The van der Waals surface area contributed by atoms with Crippen molar-refractivity contribution in [2.24, 2.45) is 4.99 Å². The summed E-state index contributed by atoms with van der Waals surface area (Å²) in [6.07, 6.45) is 1.75. The van der Waals surface area contributed by atoms with Crippen LogP contribution < -0.4 is 4.74 Å². The third-order valence-corrected chi connectivity index (χ3v) is 5.35. The number of thiocarbonyl (C=S) groups is 1. The van der Waals surface area contributed by atoms with E-state index in [0.717, 1.165) is 35.3 Å². The zero-order valence-electron chi connectivity index (χ0n) is 16.5. The highest BCUT2D eigenvalue weighted by Gasteiger charge is 2.29. The number of hydrogen-bond acceptors (Lipinski definition) is 4. The second-order valence-corrected chi connectivity index (χ2v) is 7.57. The topological polar surface area (TPSA) is 30.8 Å². The predicted octanol–water partition coefficient (Wildman–Crippen LogP) is 6.22. The Labute approximate surface area is 181 Å². The molecule has 1 aliphatic carbocycles. The number of benzene rings is 3. The van der Waals surface area contributed by atoms with Crippen molar-refractivity contribution in [3.8, 4) is 16.9 Å². The minimum atomic E-state index is -0.268. The minimum absolute atomic E-state index is 0.111. The Kier molecular flexibility index (Phi) is 6.65. The van der Waals surface area contributed by atoms with Crippen molar-refractivity contribution in [2.75, 3.05) is 0 Å².